The van der Waals surface area contributed by atoms with Crippen LogP contribution in [-0.4, -0.2) is 11.5 Å². The molecule has 0 fully saturated rings. The van der Waals surface area contributed by atoms with Crippen molar-refractivity contribution < 1.29 is 0 Å². The number of H-pyrrole nitrogens is 1. The van der Waals surface area contributed by atoms with Crippen LogP contribution in [0, 0.1) is 0 Å². The summed E-state index contributed by atoms with van der Waals surface area (Å²) in [5.41, 5.74) is 20.3. The second-order valence-corrected chi connectivity index (χ2v) is 14.1. The minimum Gasteiger partial charge on any atom is -0.398 e. The number of nitrogens with zero attached hydrogens (tertiary/aromatic N) is 1. The topological polar surface area (TPSA) is 57.1 Å². The number of hydrogen-bond acceptors (Lipinski definition) is 3. The van der Waals surface area contributed by atoms with Crippen LogP contribution in [0.3, 0.4) is 0 Å². The molecule has 7 aromatic rings. The summed E-state index contributed by atoms with van der Waals surface area (Å²) in [6, 6.07) is 56.7. The van der Waals surface area contributed by atoms with Crippen molar-refractivity contribution in [2.75, 3.05) is 11.4 Å². The molecule has 1 aliphatic carbocycles. The fraction of sp³-hybridized carbons (Fsp3) is 0.127. The van der Waals surface area contributed by atoms with Gasteiger partial charge in [0.25, 0.3) is 0 Å². The van der Waals surface area contributed by atoms with Crippen LogP contribution in [0.1, 0.15) is 66.6 Å². The Morgan fingerprint density at radius 1 is 0.763 bits per heavy atom. The van der Waals surface area contributed by atoms with E-state index in [0.29, 0.717) is 0 Å². The number of para-hydroxylation sites is 2. The van der Waals surface area contributed by atoms with Crippen molar-refractivity contribution in [2.45, 2.75) is 39.7 Å². The molecule has 59 heavy (non-hydrogen) atoms. The first-order valence-electron chi connectivity index (χ1n) is 20.6. The SMILES string of the molecule is C=C1/C=C\c2c([nH]c3ccccc23)N(c2ccc3c(c2)CCC(CNC(/C=C(\N)c2ccccc2)c2ccccc2)=C3)c2ccccc21.C=CC.CC.c1ccccc1. The van der Waals surface area contributed by atoms with Gasteiger partial charge in [0.1, 0.15) is 5.82 Å². The highest BCUT2D eigenvalue weighted by Gasteiger charge is 2.25. The zero-order valence-electron chi connectivity index (χ0n) is 34.6. The minimum absolute atomic E-state index is 0.00225. The van der Waals surface area contributed by atoms with Crippen LogP contribution in [0.2, 0.25) is 0 Å². The van der Waals surface area contributed by atoms with Gasteiger partial charge in [0.2, 0.25) is 0 Å². The van der Waals surface area contributed by atoms with Gasteiger partial charge in [0, 0.05) is 40.0 Å². The molecular weight excluding hydrogens is 717 g/mol. The molecule has 9 rings (SSSR count). The van der Waals surface area contributed by atoms with Crippen molar-refractivity contribution in [1.82, 2.24) is 10.3 Å². The van der Waals surface area contributed by atoms with Crippen molar-refractivity contribution in [2.24, 2.45) is 5.73 Å². The lowest BCUT2D eigenvalue weighted by Gasteiger charge is -2.30. The summed E-state index contributed by atoms with van der Waals surface area (Å²) < 4.78 is 0. The maximum absolute atomic E-state index is 6.58. The quantitative estimate of drug-likeness (QED) is 0.141. The van der Waals surface area contributed by atoms with E-state index in [1.165, 1.54) is 33.2 Å². The predicted molar refractivity (Wildman–Crippen MR) is 257 cm³/mol. The van der Waals surface area contributed by atoms with Gasteiger partial charge in [-0.25, -0.2) is 0 Å². The van der Waals surface area contributed by atoms with Gasteiger partial charge < -0.3 is 16.0 Å². The molecule has 0 bridgehead atoms. The Bertz CT molecular complexity index is 2500. The lowest BCUT2D eigenvalue weighted by Crippen LogP contribution is -2.24. The van der Waals surface area contributed by atoms with E-state index in [-0.39, 0.29) is 6.04 Å². The van der Waals surface area contributed by atoms with E-state index in [4.69, 9.17) is 5.73 Å². The summed E-state index contributed by atoms with van der Waals surface area (Å²) >= 11 is 0. The van der Waals surface area contributed by atoms with Gasteiger partial charge in [-0.15, -0.1) is 6.58 Å². The van der Waals surface area contributed by atoms with Gasteiger partial charge in [-0.2, -0.15) is 0 Å². The number of fused-ring (bicyclic) bond motifs is 5. The van der Waals surface area contributed by atoms with Crippen LogP contribution >= 0.6 is 0 Å². The number of nitrogens with two attached hydrogens (primary N) is 1. The molecule has 0 saturated heterocycles. The van der Waals surface area contributed by atoms with Crippen LogP contribution in [0.5, 0.6) is 0 Å². The zero-order chi connectivity index (χ0) is 41.4. The Balaban J connectivity index is 0.000000472. The predicted octanol–water partition coefficient (Wildman–Crippen LogP) is 14.2. The Kier molecular flexibility index (Phi) is 14.9. The van der Waals surface area contributed by atoms with Gasteiger partial charge in [-0.1, -0.05) is 190 Å². The number of benzene rings is 6. The van der Waals surface area contributed by atoms with Crippen molar-refractivity contribution in [3.8, 4) is 0 Å². The molecule has 0 saturated carbocycles. The Hall–Kier alpha value is -6.88. The van der Waals surface area contributed by atoms with Crippen LogP contribution < -0.4 is 16.0 Å². The van der Waals surface area contributed by atoms with Gasteiger partial charge in [0.05, 0.1) is 11.7 Å². The number of allylic oxidation sites excluding steroid dienone is 3. The number of nitrogens with one attached hydrogen (secondary N) is 2. The second kappa shape index (κ2) is 21.0. The molecule has 0 spiro atoms. The molecule has 2 heterocycles. The first kappa shape index (κ1) is 41.7. The maximum Gasteiger partial charge on any atom is 0.123 e. The van der Waals surface area contributed by atoms with E-state index in [0.717, 1.165) is 64.5 Å². The fourth-order valence-corrected chi connectivity index (χ4v) is 7.38. The average Bonchev–Trinajstić information content (AvgIpc) is 3.66. The summed E-state index contributed by atoms with van der Waals surface area (Å²) in [5, 5.41) is 5.00. The number of anilines is 3. The summed E-state index contributed by atoms with van der Waals surface area (Å²) in [7, 11) is 0. The molecule has 296 valence electrons. The van der Waals surface area contributed by atoms with E-state index in [2.05, 4.69) is 162 Å². The summed E-state index contributed by atoms with van der Waals surface area (Å²) in [5.74, 6) is 1.07. The number of aromatic amines is 1. The van der Waals surface area contributed by atoms with Crippen molar-refractivity contribution >= 4 is 51.5 Å². The maximum atomic E-state index is 6.58. The lowest BCUT2D eigenvalue weighted by atomic mass is 9.91. The van der Waals surface area contributed by atoms with Gasteiger partial charge in [-0.3, -0.25) is 4.90 Å². The normalized spacial score (nSPS) is 13.7. The molecular formula is C55H56N4. The van der Waals surface area contributed by atoms with Crippen LogP contribution in [0.4, 0.5) is 17.2 Å². The lowest BCUT2D eigenvalue weighted by molar-refractivity contribution is 0.646. The van der Waals surface area contributed by atoms with Crippen LogP contribution in [0.25, 0.3) is 34.3 Å². The molecule has 0 radical (unpaired) electrons. The smallest absolute Gasteiger partial charge is 0.123 e. The third kappa shape index (κ3) is 10.4. The van der Waals surface area contributed by atoms with E-state index < -0.39 is 0 Å². The molecule has 1 unspecified atom stereocenters. The summed E-state index contributed by atoms with van der Waals surface area (Å²) in [4.78, 5) is 6.12. The highest BCUT2D eigenvalue weighted by molar-refractivity contribution is 6.02. The fourth-order valence-electron chi connectivity index (χ4n) is 7.38. The summed E-state index contributed by atoms with van der Waals surface area (Å²) in [6.45, 7) is 14.5. The number of hydrogen-bond donors (Lipinski definition) is 3. The largest absolute Gasteiger partial charge is 0.398 e. The van der Waals surface area contributed by atoms with Crippen molar-refractivity contribution in [3.63, 3.8) is 0 Å². The Morgan fingerprint density at radius 2 is 1.37 bits per heavy atom. The van der Waals surface area contributed by atoms with E-state index >= 15 is 0 Å². The molecule has 4 heteroatoms. The molecule has 1 aromatic heterocycles. The first-order chi connectivity index (χ1) is 29.0. The second-order valence-electron chi connectivity index (χ2n) is 14.1. The van der Waals surface area contributed by atoms with E-state index in [1.54, 1.807) is 6.08 Å². The molecule has 1 atom stereocenters. The van der Waals surface area contributed by atoms with E-state index in [1.807, 2.05) is 75.4 Å². The Labute approximate surface area is 351 Å². The van der Waals surface area contributed by atoms with Gasteiger partial charge in [-0.05, 0) is 77.9 Å². The number of rotatable bonds is 7. The average molecular weight is 773 g/mol. The molecule has 0 amide bonds. The molecule has 6 aromatic carbocycles. The monoisotopic (exact) mass is 772 g/mol. The minimum atomic E-state index is -0.00225. The van der Waals surface area contributed by atoms with Crippen LogP contribution in [-0.2, 0) is 6.42 Å². The molecule has 1 aliphatic heterocycles. The third-order valence-corrected chi connectivity index (χ3v) is 10.2. The Morgan fingerprint density at radius 3 is 2.08 bits per heavy atom. The first-order valence-corrected chi connectivity index (χ1v) is 20.6. The van der Waals surface area contributed by atoms with Gasteiger partial charge in [0.15, 0.2) is 0 Å². The number of aryl methyl sites for hydroxylation is 1. The molecule has 4 nitrogen and oxygen atoms in total. The third-order valence-electron chi connectivity index (χ3n) is 10.2. The molecule has 4 N–H and O–H groups in total. The number of aromatic nitrogens is 1. The van der Waals surface area contributed by atoms with Gasteiger partial charge >= 0.3 is 0 Å². The summed E-state index contributed by atoms with van der Waals surface area (Å²) in [6.07, 6.45) is 12.6. The van der Waals surface area contributed by atoms with Crippen LogP contribution in [0.15, 0.2) is 201 Å². The highest BCUT2D eigenvalue weighted by atomic mass is 15.2. The standard InChI is InChI=1S/C44H38N4.C6H6.C3H6.C2H6/c1-30-20-25-39-38-17-8-10-18-41(38)47-44(39)48(43-19-11-9-16-37(30)43)36-24-23-34-26-31(21-22-35(34)27-36)29-46-42(33-14-6-3-7-15-33)28-40(45)32-12-4-2-5-13-32;1-2-4-6-5-3-1;1-3-2;1-2/h2-20,23-28,42,46-47H,1,21-22,29,45H2;1-6H;3H,1H2,2H3;1-2H3/b25-20-,40-28-;;;. The van der Waals surface area contributed by atoms with Crippen molar-refractivity contribution in [1.29, 1.82) is 0 Å². The van der Waals surface area contributed by atoms with Crippen molar-refractivity contribution in [3.05, 3.63) is 234 Å². The molecule has 2 aliphatic rings. The highest BCUT2D eigenvalue weighted by Crippen LogP contribution is 2.45. The van der Waals surface area contributed by atoms with E-state index in [9.17, 15) is 0 Å². The zero-order valence-corrected chi connectivity index (χ0v) is 34.6.